The number of carbonyl (C=O) groups excluding carboxylic acids is 1. The number of aliphatic imine (C=N–C) groups is 1. The Morgan fingerprint density at radius 1 is 1.44 bits per heavy atom. The number of methoxy groups -OCH3 is 1. The minimum atomic E-state index is 0.430. The molecule has 0 unspecified atom stereocenters. The van der Waals surface area contributed by atoms with Crippen molar-refractivity contribution in [3.05, 3.63) is 24.5 Å². The molecule has 0 saturated carbocycles. The molecule has 16 heavy (non-hydrogen) atoms. The van der Waals surface area contributed by atoms with Gasteiger partial charge in [0, 0.05) is 12.1 Å². The van der Waals surface area contributed by atoms with E-state index in [-0.39, 0.29) is 0 Å². The largest absolute Gasteiger partial charge is 0.497 e. The van der Waals surface area contributed by atoms with Crippen LogP contribution in [0.2, 0.25) is 0 Å². The fourth-order valence-corrected chi connectivity index (χ4v) is 1.21. The lowest BCUT2D eigenvalue weighted by atomic mass is 10.2. The molecular formula is C9H7N5O2. The van der Waals surface area contributed by atoms with E-state index in [1.54, 1.807) is 18.2 Å². The lowest BCUT2D eigenvalue weighted by Gasteiger charge is -2.04. The van der Waals surface area contributed by atoms with E-state index in [9.17, 15) is 4.79 Å². The summed E-state index contributed by atoms with van der Waals surface area (Å²) in [4.78, 5) is 13.7. The number of hydrogen-bond acceptors (Lipinski definition) is 6. The molecule has 0 radical (unpaired) electrons. The second kappa shape index (κ2) is 4.33. The minimum Gasteiger partial charge on any atom is -0.497 e. The maximum Gasteiger partial charge on any atom is 0.240 e. The Hall–Kier alpha value is -2.53. The number of ether oxygens (including phenoxy) is 1. The van der Waals surface area contributed by atoms with Crippen molar-refractivity contribution in [3.63, 3.8) is 0 Å². The van der Waals surface area contributed by atoms with Crippen molar-refractivity contribution in [3.8, 4) is 11.4 Å². The van der Waals surface area contributed by atoms with Gasteiger partial charge in [0.05, 0.1) is 18.5 Å². The third-order valence-electron chi connectivity index (χ3n) is 1.90. The van der Waals surface area contributed by atoms with E-state index in [1.807, 2.05) is 0 Å². The molecule has 0 fully saturated rings. The third-order valence-corrected chi connectivity index (χ3v) is 1.90. The minimum absolute atomic E-state index is 0.430. The first-order valence-corrected chi connectivity index (χ1v) is 4.34. The monoisotopic (exact) mass is 217 g/mol. The molecule has 1 aromatic carbocycles. The van der Waals surface area contributed by atoms with E-state index in [4.69, 9.17) is 4.74 Å². The van der Waals surface area contributed by atoms with Gasteiger partial charge in [-0.15, -0.1) is 5.10 Å². The van der Waals surface area contributed by atoms with Crippen LogP contribution in [-0.4, -0.2) is 33.4 Å². The van der Waals surface area contributed by atoms with Gasteiger partial charge in [-0.2, -0.15) is 4.99 Å². The van der Waals surface area contributed by atoms with E-state index >= 15 is 0 Å². The zero-order valence-electron chi connectivity index (χ0n) is 8.36. The van der Waals surface area contributed by atoms with Crippen molar-refractivity contribution in [1.82, 2.24) is 20.2 Å². The zero-order valence-corrected chi connectivity index (χ0v) is 8.36. The van der Waals surface area contributed by atoms with Gasteiger partial charge >= 0.3 is 0 Å². The number of benzene rings is 1. The van der Waals surface area contributed by atoms with Gasteiger partial charge in [0.15, 0.2) is 0 Å². The van der Waals surface area contributed by atoms with E-state index < -0.39 is 0 Å². The van der Waals surface area contributed by atoms with Crippen molar-refractivity contribution in [2.45, 2.75) is 0 Å². The Bertz CT molecular complexity index is 531. The van der Waals surface area contributed by atoms with E-state index in [0.717, 1.165) is 0 Å². The molecule has 2 rings (SSSR count). The molecule has 0 aliphatic carbocycles. The van der Waals surface area contributed by atoms with Gasteiger partial charge in [-0.3, -0.25) is 0 Å². The molecule has 0 bridgehead atoms. The highest BCUT2D eigenvalue weighted by atomic mass is 16.5. The van der Waals surface area contributed by atoms with Crippen LogP contribution in [0.25, 0.3) is 5.69 Å². The topological polar surface area (TPSA) is 82.3 Å². The van der Waals surface area contributed by atoms with Crippen LogP contribution in [0.4, 0.5) is 5.69 Å². The number of isocyanates is 1. The fraction of sp³-hybridized carbons (Fsp3) is 0.111. The molecule has 1 heterocycles. The summed E-state index contributed by atoms with van der Waals surface area (Å²) in [6.07, 6.45) is 2.90. The second-order valence-corrected chi connectivity index (χ2v) is 2.85. The smallest absolute Gasteiger partial charge is 0.240 e. The van der Waals surface area contributed by atoms with Crippen molar-refractivity contribution in [2.24, 2.45) is 4.99 Å². The fourth-order valence-electron chi connectivity index (χ4n) is 1.21. The molecule has 2 aromatic rings. The Labute approximate surface area is 90.4 Å². The molecule has 0 spiro atoms. The van der Waals surface area contributed by atoms with Gasteiger partial charge in [0.25, 0.3) is 0 Å². The van der Waals surface area contributed by atoms with Crippen LogP contribution in [0, 0.1) is 0 Å². The number of hydrogen-bond donors (Lipinski definition) is 0. The first kappa shape index (κ1) is 10.0. The van der Waals surface area contributed by atoms with Crippen LogP contribution in [0.5, 0.6) is 5.75 Å². The Balaban J connectivity index is 2.53. The van der Waals surface area contributed by atoms with E-state index in [0.29, 0.717) is 17.1 Å². The summed E-state index contributed by atoms with van der Waals surface area (Å²) in [5, 5.41) is 10.7. The zero-order chi connectivity index (χ0) is 11.4. The van der Waals surface area contributed by atoms with Gasteiger partial charge in [0.2, 0.25) is 6.08 Å². The first-order valence-electron chi connectivity index (χ1n) is 4.34. The maximum absolute atomic E-state index is 10.2. The summed E-state index contributed by atoms with van der Waals surface area (Å²) in [5.41, 5.74) is 1.08. The first-order chi connectivity index (χ1) is 7.83. The SMILES string of the molecule is COc1cc(N=C=O)cc(-n2cnnn2)c1. The predicted octanol–water partition coefficient (Wildman–Crippen LogP) is 0.638. The normalized spacial score (nSPS) is 9.56. The van der Waals surface area contributed by atoms with Crippen LogP contribution in [0.3, 0.4) is 0 Å². The summed E-state index contributed by atoms with van der Waals surface area (Å²) in [6.45, 7) is 0. The van der Waals surface area contributed by atoms with Gasteiger partial charge < -0.3 is 4.74 Å². The Morgan fingerprint density at radius 3 is 2.94 bits per heavy atom. The summed E-state index contributed by atoms with van der Waals surface area (Å²) < 4.78 is 6.50. The summed E-state index contributed by atoms with van der Waals surface area (Å²) in [6, 6.07) is 4.97. The molecule has 0 saturated heterocycles. The molecule has 1 aromatic heterocycles. The molecule has 7 heteroatoms. The lowest BCUT2D eigenvalue weighted by molar-refractivity contribution is 0.414. The molecule has 0 aliphatic heterocycles. The molecule has 0 N–H and O–H groups in total. The van der Waals surface area contributed by atoms with Crippen molar-refractivity contribution >= 4 is 11.8 Å². The molecular weight excluding hydrogens is 210 g/mol. The van der Waals surface area contributed by atoms with Crippen molar-refractivity contribution in [2.75, 3.05) is 7.11 Å². The number of rotatable bonds is 3. The maximum atomic E-state index is 10.2. The molecule has 0 aliphatic rings. The quantitative estimate of drug-likeness (QED) is 0.556. The Morgan fingerprint density at radius 2 is 2.31 bits per heavy atom. The van der Waals surface area contributed by atoms with Gasteiger partial charge in [-0.25, -0.2) is 9.48 Å². The summed E-state index contributed by atoms with van der Waals surface area (Å²) >= 11 is 0. The summed E-state index contributed by atoms with van der Waals surface area (Å²) in [5.74, 6) is 0.557. The lowest BCUT2D eigenvalue weighted by Crippen LogP contribution is -1.95. The average Bonchev–Trinajstić information content (AvgIpc) is 2.82. The van der Waals surface area contributed by atoms with Crippen molar-refractivity contribution < 1.29 is 9.53 Å². The van der Waals surface area contributed by atoms with Gasteiger partial charge in [-0.1, -0.05) is 0 Å². The molecule has 0 amide bonds. The van der Waals surface area contributed by atoms with E-state index in [1.165, 1.54) is 24.2 Å². The molecule has 0 atom stereocenters. The molecule has 80 valence electrons. The van der Waals surface area contributed by atoms with Gasteiger partial charge in [-0.05, 0) is 16.5 Å². The van der Waals surface area contributed by atoms with Crippen LogP contribution in [0.1, 0.15) is 0 Å². The number of nitrogens with zero attached hydrogens (tertiary/aromatic N) is 5. The van der Waals surface area contributed by atoms with Crippen LogP contribution >= 0.6 is 0 Å². The Kier molecular flexibility index (Phi) is 2.71. The highest BCUT2D eigenvalue weighted by molar-refractivity contribution is 5.57. The average molecular weight is 217 g/mol. The van der Waals surface area contributed by atoms with E-state index in [2.05, 4.69) is 20.5 Å². The number of aromatic nitrogens is 4. The van der Waals surface area contributed by atoms with Crippen LogP contribution in [0.15, 0.2) is 29.5 Å². The van der Waals surface area contributed by atoms with Gasteiger partial charge in [0.1, 0.15) is 12.1 Å². The third kappa shape index (κ3) is 1.94. The van der Waals surface area contributed by atoms with Crippen molar-refractivity contribution in [1.29, 1.82) is 0 Å². The predicted molar refractivity (Wildman–Crippen MR) is 53.5 cm³/mol. The molecule has 7 nitrogen and oxygen atoms in total. The van der Waals surface area contributed by atoms with Crippen LogP contribution in [-0.2, 0) is 4.79 Å². The highest BCUT2D eigenvalue weighted by Crippen LogP contribution is 2.24. The number of tetrazole rings is 1. The second-order valence-electron chi connectivity index (χ2n) is 2.85. The highest BCUT2D eigenvalue weighted by Gasteiger charge is 2.03. The summed E-state index contributed by atoms with van der Waals surface area (Å²) in [7, 11) is 1.52. The standard InChI is InChI=1S/C9H7N5O2/c1-16-9-3-7(10-6-15)2-8(4-9)14-5-11-12-13-14/h2-5H,1H3. The van der Waals surface area contributed by atoms with Crippen LogP contribution < -0.4 is 4.74 Å².